The highest BCUT2D eigenvalue weighted by atomic mass is 16.2. The van der Waals surface area contributed by atoms with E-state index in [0.29, 0.717) is 36.8 Å². The lowest BCUT2D eigenvalue weighted by Gasteiger charge is -2.24. The molecule has 1 aromatic heterocycles. The van der Waals surface area contributed by atoms with Gasteiger partial charge in [0.15, 0.2) is 5.69 Å². The third-order valence-electron chi connectivity index (χ3n) is 6.59. The monoisotopic (exact) mass is 466 g/mol. The number of aromatic nitrogens is 2. The highest BCUT2D eigenvalue weighted by Gasteiger charge is 2.28. The number of para-hydroxylation sites is 1. The third kappa shape index (κ3) is 4.97. The van der Waals surface area contributed by atoms with E-state index in [1.165, 1.54) is 0 Å². The molecular weight excluding hydrogens is 436 g/mol. The zero-order valence-electron chi connectivity index (χ0n) is 20.2. The third-order valence-corrected chi connectivity index (χ3v) is 6.59. The standard InChI is InChI=1S/C29H30N4O2/c1-20-8-7-9-22(18-20)23-10-3-4-11-24(23)29(35)33(19-21-14-15-21)17-16-30-28(34)27-25-12-5-6-13-26(25)32(2)31-27/h3-13,18,21H,14-17,19H2,1-2H3,(H,30,34). The summed E-state index contributed by atoms with van der Waals surface area (Å²) in [6, 6.07) is 23.7. The topological polar surface area (TPSA) is 67.2 Å². The Hall–Kier alpha value is -3.93. The molecule has 6 nitrogen and oxygen atoms in total. The number of nitrogens with zero attached hydrogens (tertiary/aromatic N) is 3. The number of carbonyl (C=O) groups is 2. The van der Waals surface area contributed by atoms with E-state index in [4.69, 9.17) is 0 Å². The van der Waals surface area contributed by atoms with E-state index < -0.39 is 0 Å². The molecule has 1 N–H and O–H groups in total. The lowest BCUT2D eigenvalue weighted by molar-refractivity contribution is 0.0741. The second kappa shape index (κ2) is 9.74. The molecule has 0 spiro atoms. The van der Waals surface area contributed by atoms with Gasteiger partial charge >= 0.3 is 0 Å². The second-order valence-corrected chi connectivity index (χ2v) is 9.35. The Morgan fingerprint density at radius 2 is 1.80 bits per heavy atom. The molecule has 1 aliphatic carbocycles. The fourth-order valence-corrected chi connectivity index (χ4v) is 4.56. The molecule has 0 bridgehead atoms. The SMILES string of the molecule is Cc1cccc(-c2ccccc2C(=O)N(CCNC(=O)c2nn(C)c3ccccc23)CC2CC2)c1. The molecule has 4 aromatic rings. The molecule has 3 aromatic carbocycles. The minimum absolute atomic E-state index is 0.00606. The van der Waals surface area contributed by atoms with Crippen molar-refractivity contribution in [1.29, 1.82) is 0 Å². The molecule has 35 heavy (non-hydrogen) atoms. The number of fused-ring (bicyclic) bond motifs is 1. The van der Waals surface area contributed by atoms with Crippen molar-refractivity contribution in [2.45, 2.75) is 19.8 Å². The van der Waals surface area contributed by atoms with Crippen LogP contribution in [-0.4, -0.2) is 46.1 Å². The van der Waals surface area contributed by atoms with Gasteiger partial charge in [-0.2, -0.15) is 5.10 Å². The van der Waals surface area contributed by atoms with Gasteiger partial charge in [0.2, 0.25) is 0 Å². The Morgan fingerprint density at radius 3 is 2.60 bits per heavy atom. The van der Waals surface area contributed by atoms with Gasteiger partial charge in [0, 0.05) is 37.6 Å². The van der Waals surface area contributed by atoms with Gasteiger partial charge in [0.1, 0.15) is 0 Å². The van der Waals surface area contributed by atoms with E-state index in [1.54, 1.807) is 4.68 Å². The van der Waals surface area contributed by atoms with Gasteiger partial charge in [0.05, 0.1) is 5.52 Å². The number of aryl methyl sites for hydroxylation is 2. The maximum Gasteiger partial charge on any atom is 0.272 e. The number of rotatable bonds is 8. The molecule has 0 radical (unpaired) electrons. The van der Waals surface area contributed by atoms with Crippen LogP contribution < -0.4 is 5.32 Å². The van der Waals surface area contributed by atoms with Crippen LogP contribution in [0.4, 0.5) is 0 Å². The first-order chi connectivity index (χ1) is 17.0. The summed E-state index contributed by atoms with van der Waals surface area (Å²) in [5.74, 6) is 0.327. The van der Waals surface area contributed by atoms with Gasteiger partial charge in [0.25, 0.3) is 11.8 Å². The molecule has 1 aliphatic rings. The van der Waals surface area contributed by atoms with Crippen molar-refractivity contribution in [3.63, 3.8) is 0 Å². The fraction of sp³-hybridized carbons (Fsp3) is 0.276. The molecule has 0 saturated heterocycles. The highest BCUT2D eigenvalue weighted by Crippen LogP contribution is 2.31. The quantitative estimate of drug-likeness (QED) is 0.404. The fourth-order valence-electron chi connectivity index (χ4n) is 4.56. The van der Waals surface area contributed by atoms with Crippen LogP contribution in [0.25, 0.3) is 22.0 Å². The van der Waals surface area contributed by atoms with Crippen molar-refractivity contribution >= 4 is 22.7 Å². The van der Waals surface area contributed by atoms with Crippen molar-refractivity contribution < 1.29 is 9.59 Å². The first-order valence-corrected chi connectivity index (χ1v) is 12.2. The average Bonchev–Trinajstić information content (AvgIpc) is 3.64. The summed E-state index contributed by atoms with van der Waals surface area (Å²) in [5, 5.41) is 8.21. The number of carbonyl (C=O) groups excluding carboxylic acids is 2. The summed E-state index contributed by atoms with van der Waals surface area (Å²) in [7, 11) is 1.83. The van der Waals surface area contributed by atoms with Crippen LogP contribution in [0.1, 0.15) is 39.3 Å². The zero-order chi connectivity index (χ0) is 24.4. The van der Waals surface area contributed by atoms with Crippen LogP contribution in [0.15, 0.2) is 72.8 Å². The Labute approximate surface area is 205 Å². The molecule has 0 aliphatic heterocycles. The first kappa shape index (κ1) is 22.8. The normalized spacial score (nSPS) is 13.1. The summed E-state index contributed by atoms with van der Waals surface area (Å²) >= 11 is 0. The minimum atomic E-state index is -0.221. The van der Waals surface area contributed by atoms with Gasteiger partial charge in [-0.25, -0.2) is 0 Å². The summed E-state index contributed by atoms with van der Waals surface area (Å²) in [6.45, 7) is 3.59. The lowest BCUT2D eigenvalue weighted by Crippen LogP contribution is -2.40. The maximum atomic E-state index is 13.7. The largest absolute Gasteiger partial charge is 0.349 e. The van der Waals surface area contributed by atoms with Crippen molar-refractivity contribution in [2.24, 2.45) is 13.0 Å². The molecule has 1 fully saturated rings. The number of benzene rings is 3. The van der Waals surface area contributed by atoms with Gasteiger partial charge in [-0.15, -0.1) is 0 Å². The van der Waals surface area contributed by atoms with Crippen LogP contribution in [0, 0.1) is 12.8 Å². The van der Waals surface area contributed by atoms with Crippen LogP contribution in [0.5, 0.6) is 0 Å². The second-order valence-electron chi connectivity index (χ2n) is 9.35. The first-order valence-electron chi connectivity index (χ1n) is 12.2. The summed E-state index contributed by atoms with van der Waals surface area (Å²) in [5.41, 5.74) is 5.15. The molecule has 178 valence electrons. The Morgan fingerprint density at radius 1 is 1.03 bits per heavy atom. The van der Waals surface area contributed by atoms with Crippen LogP contribution >= 0.6 is 0 Å². The van der Waals surface area contributed by atoms with Gasteiger partial charge in [-0.3, -0.25) is 14.3 Å². The molecule has 6 heteroatoms. The van der Waals surface area contributed by atoms with Crippen molar-refractivity contribution in [2.75, 3.05) is 19.6 Å². The van der Waals surface area contributed by atoms with Crippen LogP contribution in [-0.2, 0) is 7.05 Å². The van der Waals surface area contributed by atoms with Crippen molar-refractivity contribution in [3.05, 3.63) is 89.6 Å². The molecule has 1 heterocycles. The van der Waals surface area contributed by atoms with E-state index in [9.17, 15) is 9.59 Å². The number of hydrogen-bond donors (Lipinski definition) is 1. The summed E-state index contributed by atoms with van der Waals surface area (Å²) in [4.78, 5) is 28.5. The predicted molar refractivity (Wildman–Crippen MR) is 138 cm³/mol. The van der Waals surface area contributed by atoms with Crippen LogP contribution in [0.3, 0.4) is 0 Å². The van der Waals surface area contributed by atoms with E-state index in [-0.39, 0.29) is 11.8 Å². The Kier molecular flexibility index (Phi) is 6.36. The van der Waals surface area contributed by atoms with Gasteiger partial charge in [-0.1, -0.05) is 66.2 Å². The van der Waals surface area contributed by atoms with Crippen molar-refractivity contribution in [3.8, 4) is 11.1 Å². The molecule has 1 saturated carbocycles. The number of amides is 2. The number of nitrogens with one attached hydrogen (secondary N) is 1. The molecule has 0 unspecified atom stereocenters. The van der Waals surface area contributed by atoms with E-state index >= 15 is 0 Å². The minimum Gasteiger partial charge on any atom is -0.349 e. The Bertz CT molecular complexity index is 1390. The lowest BCUT2D eigenvalue weighted by atomic mass is 9.97. The van der Waals surface area contributed by atoms with Gasteiger partial charge in [-0.05, 0) is 48.9 Å². The highest BCUT2D eigenvalue weighted by molar-refractivity contribution is 6.05. The predicted octanol–water partition coefficient (Wildman–Crippen LogP) is 4.83. The smallest absolute Gasteiger partial charge is 0.272 e. The summed E-state index contributed by atoms with van der Waals surface area (Å²) in [6.07, 6.45) is 2.30. The maximum absolute atomic E-state index is 13.7. The zero-order valence-corrected chi connectivity index (χ0v) is 20.2. The van der Waals surface area contributed by atoms with Crippen LogP contribution in [0.2, 0.25) is 0 Å². The summed E-state index contributed by atoms with van der Waals surface area (Å²) < 4.78 is 1.72. The van der Waals surface area contributed by atoms with E-state index in [0.717, 1.165) is 40.4 Å². The molecule has 2 amide bonds. The average molecular weight is 467 g/mol. The van der Waals surface area contributed by atoms with E-state index in [1.807, 2.05) is 72.6 Å². The van der Waals surface area contributed by atoms with E-state index in [2.05, 4.69) is 29.5 Å². The molecule has 0 atom stereocenters. The molecular formula is C29H30N4O2. The molecule has 5 rings (SSSR count). The van der Waals surface area contributed by atoms with Gasteiger partial charge < -0.3 is 10.2 Å². The number of hydrogen-bond acceptors (Lipinski definition) is 3. The Balaban J connectivity index is 1.32. The van der Waals surface area contributed by atoms with Crippen molar-refractivity contribution in [1.82, 2.24) is 20.0 Å².